The van der Waals surface area contributed by atoms with E-state index in [1.807, 2.05) is 31.3 Å². The highest BCUT2D eigenvalue weighted by atomic mass is 16.5. The highest BCUT2D eigenvalue weighted by molar-refractivity contribution is 5.48. The molecule has 0 aliphatic rings. The smallest absolute Gasteiger partial charge is 0.126 e. The normalized spacial score (nSPS) is 12.2. The molecule has 0 saturated carbocycles. The molecule has 0 aliphatic heterocycles. The van der Waals surface area contributed by atoms with Crippen LogP contribution < -0.4 is 10.2 Å². The van der Waals surface area contributed by atoms with Crippen LogP contribution in [0, 0.1) is 0 Å². The highest BCUT2D eigenvalue weighted by Gasteiger charge is 2.02. The lowest BCUT2D eigenvalue weighted by Crippen LogP contribution is -2.18. The Bertz CT molecular complexity index is 298. The predicted octanol–water partition coefficient (Wildman–Crippen LogP) is 1.98. The van der Waals surface area contributed by atoms with E-state index >= 15 is 0 Å². The van der Waals surface area contributed by atoms with Crippen molar-refractivity contribution in [1.82, 2.24) is 4.98 Å². The number of rotatable bonds is 6. The molecule has 0 amide bonds. The van der Waals surface area contributed by atoms with Gasteiger partial charge < -0.3 is 15.0 Å². The Kier molecular flexibility index (Phi) is 5.05. The quantitative estimate of drug-likeness (QED) is 0.800. The summed E-state index contributed by atoms with van der Waals surface area (Å²) in [6, 6.07) is 4.43. The molecule has 0 radical (unpaired) electrons. The Hall–Kier alpha value is -1.29. The predicted molar refractivity (Wildman–Crippen MR) is 68.1 cm³/mol. The molecule has 0 aromatic carbocycles. The molecule has 90 valence electrons. The number of anilines is 2. The summed E-state index contributed by atoms with van der Waals surface area (Å²) < 4.78 is 5.03. The molecular formula is C12H21N3O. The summed E-state index contributed by atoms with van der Waals surface area (Å²) in [5, 5.41) is 3.33. The van der Waals surface area contributed by atoms with Crippen LogP contribution in [-0.4, -0.2) is 38.8 Å². The lowest BCUT2D eigenvalue weighted by Gasteiger charge is -2.16. The number of hydrogen-bond acceptors (Lipinski definition) is 4. The SMILES string of the molecule is COCCC(C)Nc1ccc(N(C)C)cn1. The van der Waals surface area contributed by atoms with Crippen LogP contribution in [0.2, 0.25) is 0 Å². The molecule has 1 N–H and O–H groups in total. The first-order valence-electron chi connectivity index (χ1n) is 5.52. The molecule has 0 aliphatic carbocycles. The van der Waals surface area contributed by atoms with Gasteiger partial charge in [-0.2, -0.15) is 0 Å². The minimum Gasteiger partial charge on any atom is -0.385 e. The number of nitrogens with zero attached hydrogens (tertiary/aromatic N) is 2. The Morgan fingerprint density at radius 1 is 1.44 bits per heavy atom. The molecule has 1 aromatic rings. The first kappa shape index (κ1) is 12.8. The molecular weight excluding hydrogens is 202 g/mol. The van der Waals surface area contributed by atoms with Crippen LogP contribution >= 0.6 is 0 Å². The molecule has 0 fully saturated rings. The largest absolute Gasteiger partial charge is 0.385 e. The van der Waals surface area contributed by atoms with Gasteiger partial charge in [0, 0.05) is 33.9 Å². The molecule has 0 bridgehead atoms. The van der Waals surface area contributed by atoms with Crippen molar-refractivity contribution in [3.05, 3.63) is 18.3 Å². The summed E-state index contributed by atoms with van der Waals surface area (Å²) in [5.74, 6) is 0.911. The number of hydrogen-bond donors (Lipinski definition) is 1. The van der Waals surface area contributed by atoms with Crippen molar-refractivity contribution in [2.24, 2.45) is 0 Å². The first-order valence-corrected chi connectivity index (χ1v) is 5.52. The van der Waals surface area contributed by atoms with Gasteiger partial charge >= 0.3 is 0 Å². The average Bonchev–Trinajstić information content (AvgIpc) is 2.27. The second kappa shape index (κ2) is 6.33. The van der Waals surface area contributed by atoms with Gasteiger partial charge in [0.15, 0.2) is 0 Å². The lowest BCUT2D eigenvalue weighted by molar-refractivity contribution is 0.191. The van der Waals surface area contributed by atoms with Gasteiger partial charge in [0.1, 0.15) is 5.82 Å². The van der Waals surface area contributed by atoms with Gasteiger partial charge in [-0.15, -0.1) is 0 Å². The Morgan fingerprint density at radius 2 is 2.19 bits per heavy atom. The van der Waals surface area contributed by atoms with E-state index in [-0.39, 0.29) is 0 Å². The van der Waals surface area contributed by atoms with Gasteiger partial charge in [0.05, 0.1) is 11.9 Å². The van der Waals surface area contributed by atoms with E-state index in [2.05, 4.69) is 23.3 Å². The van der Waals surface area contributed by atoms with Gasteiger partial charge in [0.25, 0.3) is 0 Å². The molecule has 4 heteroatoms. The second-order valence-corrected chi connectivity index (χ2v) is 4.12. The van der Waals surface area contributed by atoms with Crippen LogP contribution in [0.4, 0.5) is 11.5 Å². The van der Waals surface area contributed by atoms with E-state index in [0.29, 0.717) is 6.04 Å². The second-order valence-electron chi connectivity index (χ2n) is 4.12. The molecule has 1 heterocycles. The molecule has 4 nitrogen and oxygen atoms in total. The zero-order chi connectivity index (χ0) is 12.0. The van der Waals surface area contributed by atoms with Crippen molar-refractivity contribution >= 4 is 11.5 Å². The Morgan fingerprint density at radius 3 is 2.69 bits per heavy atom. The van der Waals surface area contributed by atoms with Crippen LogP contribution in [0.25, 0.3) is 0 Å². The fraction of sp³-hybridized carbons (Fsp3) is 0.583. The maximum atomic E-state index is 5.03. The minimum absolute atomic E-state index is 0.373. The van der Waals surface area contributed by atoms with Gasteiger partial charge in [-0.3, -0.25) is 0 Å². The van der Waals surface area contributed by atoms with Gasteiger partial charge in [0.2, 0.25) is 0 Å². The minimum atomic E-state index is 0.373. The molecule has 0 saturated heterocycles. The van der Waals surface area contributed by atoms with Crippen molar-refractivity contribution in [3.63, 3.8) is 0 Å². The number of aromatic nitrogens is 1. The topological polar surface area (TPSA) is 37.4 Å². The lowest BCUT2D eigenvalue weighted by atomic mass is 10.2. The van der Waals surface area contributed by atoms with Gasteiger partial charge in [-0.1, -0.05) is 0 Å². The molecule has 1 rings (SSSR count). The Balaban J connectivity index is 2.48. The third kappa shape index (κ3) is 4.06. The third-order valence-electron chi connectivity index (χ3n) is 2.41. The summed E-state index contributed by atoms with van der Waals surface area (Å²) in [4.78, 5) is 6.39. The van der Waals surface area contributed by atoms with E-state index in [4.69, 9.17) is 4.74 Å². The summed E-state index contributed by atoms with van der Waals surface area (Å²) in [5.41, 5.74) is 1.11. The molecule has 1 unspecified atom stereocenters. The standard InChI is InChI=1S/C12H21N3O/c1-10(7-8-16-4)14-12-6-5-11(9-13-12)15(2)3/h5-6,9-10H,7-8H2,1-4H3,(H,13,14). The van der Waals surface area contributed by atoms with Gasteiger partial charge in [-0.25, -0.2) is 4.98 Å². The van der Waals surface area contributed by atoms with Crippen LogP contribution in [0.5, 0.6) is 0 Å². The Labute approximate surface area is 97.6 Å². The maximum absolute atomic E-state index is 5.03. The molecule has 1 aromatic heterocycles. The van der Waals surface area contributed by atoms with E-state index in [9.17, 15) is 0 Å². The van der Waals surface area contributed by atoms with E-state index in [1.165, 1.54) is 0 Å². The van der Waals surface area contributed by atoms with Crippen molar-refractivity contribution in [3.8, 4) is 0 Å². The van der Waals surface area contributed by atoms with Crippen molar-refractivity contribution < 1.29 is 4.74 Å². The molecule has 0 spiro atoms. The zero-order valence-electron chi connectivity index (χ0n) is 10.5. The zero-order valence-corrected chi connectivity index (χ0v) is 10.5. The van der Waals surface area contributed by atoms with Crippen LogP contribution in [0.15, 0.2) is 18.3 Å². The monoisotopic (exact) mass is 223 g/mol. The van der Waals surface area contributed by atoms with Gasteiger partial charge in [-0.05, 0) is 25.5 Å². The fourth-order valence-corrected chi connectivity index (χ4v) is 1.36. The number of nitrogens with one attached hydrogen (secondary N) is 1. The molecule has 16 heavy (non-hydrogen) atoms. The van der Waals surface area contributed by atoms with E-state index in [0.717, 1.165) is 24.5 Å². The average molecular weight is 223 g/mol. The number of pyridine rings is 1. The highest BCUT2D eigenvalue weighted by Crippen LogP contribution is 2.13. The molecule has 1 atom stereocenters. The fourth-order valence-electron chi connectivity index (χ4n) is 1.36. The third-order valence-corrected chi connectivity index (χ3v) is 2.41. The first-order chi connectivity index (χ1) is 7.63. The van der Waals surface area contributed by atoms with E-state index < -0.39 is 0 Å². The summed E-state index contributed by atoms with van der Waals surface area (Å²) >= 11 is 0. The van der Waals surface area contributed by atoms with E-state index in [1.54, 1.807) is 7.11 Å². The summed E-state index contributed by atoms with van der Waals surface area (Å²) in [6.07, 6.45) is 2.85. The summed E-state index contributed by atoms with van der Waals surface area (Å²) in [6.45, 7) is 2.89. The van der Waals surface area contributed by atoms with Crippen molar-refractivity contribution in [2.45, 2.75) is 19.4 Å². The van der Waals surface area contributed by atoms with Crippen LogP contribution in [0.3, 0.4) is 0 Å². The maximum Gasteiger partial charge on any atom is 0.126 e. The number of methoxy groups -OCH3 is 1. The van der Waals surface area contributed by atoms with Crippen molar-refractivity contribution in [1.29, 1.82) is 0 Å². The van der Waals surface area contributed by atoms with Crippen LogP contribution in [-0.2, 0) is 4.74 Å². The summed E-state index contributed by atoms with van der Waals surface area (Å²) in [7, 11) is 5.73. The number of ether oxygens (including phenoxy) is 1. The van der Waals surface area contributed by atoms with Crippen molar-refractivity contribution in [2.75, 3.05) is 38.0 Å². The van der Waals surface area contributed by atoms with Crippen LogP contribution in [0.1, 0.15) is 13.3 Å².